The maximum Gasteiger partial charge on any atom is 0.0729 e. The molecule has 1 heteroatoms. The van der Waals surface area contributed by atoms with Gasteiger partial charge in [-0.1, -0.05) is 58.8 Å². The third kappa shape index (κ3) is 3.21. The van der Waals surface area contributed by atoms with Crippen LogP contribution in [0.15, 0.2) is 42.5 Å². The van der Waals surface area contributed by atoms with Crippen LogP contribution in [-0.4, -0.2) is 10.2 Å². The Morgan fingerprint density at radius 2 is 0.880 bits per heavy atom. The lowest BCUT2D eigenvalue weighted by molar-refractivity contribution is 1.32. The molecule has 0 saturated heterocycles. The van der Waals surface area contributed by atoms with Gasteiger partial charge in [-0.15, -0.1) is 0 Å². The van der Waals surface area contributed by atoms with Gasteiger partial charge in [-0.3, -0.25) is 0 Å². The summed E-state index contributed by atoms with van der Waals surface area (Å²) in [5.74, 6) is 0. The average Bonchev–Trinajstić information content (AvgIpc) is 2.48. The van der Waals surface area contributed by atoms with Crippen molar-refractivity contribution >= 4 is 15.4 Å². The lowest BCUT2D eigenvalue weighted by Crippen LogP contribution is -2.13. The minimum Gasteiger partial charge on any atom is -0.0610 e. The van der Waals surface area contributed by atoms with Gasteiger partial charge in [0.2, 0.25) is 0 Å². The fraction of sp³-hybridized carbons (Fsp3) is 0.250. The molecule has 0 saturated carbocycles. The van der Waals surface area contributed by atoms with Crippen molar-refractivity contribution in [3.05, 3.63) is 75.8 Å². The zero-order valence-electron chi connectivity index (χ0n) is 16.0. The van der Waals surface area contributed by atoms with Gasteiger partial charge in [0.1, 0.15) is 0 Å². The Kier molecular flexibility index (Phi) is 4.70. The van der Waals surface area contributed by atoms with E-state index < -0.39 is 0 Å². The van der Waals surface area contributed by atoms with Crippen LogP contribution in [-0.2, 0) is 0 Å². The Labute approximate surface area is 155 Å². The van der Waals surface area contributed by atoms with E-state index in [4.69, 9.17) is 0 Å². The smallest absolute Gasteiger partial charge is 0.0610 e. The first-order valence-corrected chi connectivity index (χ1v) is 9.30. The first-order chi connectivity index (χ1) is 11.8. The summed E-state index contributed by atoms with van der Waals surface area (Å²) in [7, 11) is 3.99. The summed E-state index contributed by atoms with van der Waals surface area (Å²) in [5.41, 5.74) is 13.1. The van der Waals surface area contributed by atoms with E-state index >= 15 is 0 Å². The average molecular weight is 342 g/mol. The van der Waals surface area contributed by atoms with E-state index in [1.54, 1.807) is 0 Å². The van der Waals surface area contributed by atoms with Crippen LogP contribution in [0, 0.1) is 41.5 Å². The van der Waals surface area contributed by atoms with Crippen molar-refractivity contribution in [1.82, 2.24) is 0 Å². The minimum absolute atomic E-state index is 1.17. The van der Waals surface area contributed by atoms with Gasteiger partial charge in [0.15, 0.2) is 0 Å². The molecule has 3 radical (unpaired) electrons. The molecule has 0 atom stereocenters. The summed E-state index contributed by atoms with van der Waals surface area (Å²) in [5, 5.41) is 1.17. The van der Waals surface area contributed by atoms with Crippen LogP contribution >= 0.6 is 0 Å². The van der Waals surface area contributed by atoms with Gasteiger partial charge < -0.3 is 0 Å². The molecule has 0 amide bonds. The molecule has 0 nitrogen and oxygen atoms in total. The van der Waals surface area contributed by atoms with Gasteiger partial charge in [0, 0.05) is 0 Å². The maximum absolute atomic E-state index is 3.99. The standard InChI is InChI=1S/C24H25Si/c1-14-10-16(3)22(17(4)11-14)20-8-7-9-21(24(20)25)23-18(5)12-15(2)13-19(23)6/h7-13H,1-6H3. The Morgan fingerprint density at radius 1 is 0.560 bits per heavy atom. The molecule has 0 aliphatic rings. The van der Waals surface area contributed by atoms with Crippen molar-refractivity contribution in [1.29, 1.82) is 0 Å². The fourth-order valence-corrected chi connectivity index (χ4v) is 4.60. The van der Waals surface area contributed by atoms with Gasteiger partial charge in [-0.05, 0) is 86.1 Å². The third-order valence-corrected chi connectivity index (χ3v) is 5.50. The van der Waals surface area contributed by atoms with Gasteiger partial charge in [0.25, 0.3) is 0 Å². The number of hydrogen-bond acceptors (Lipinski definition) is 0. The van der Waals surface area contributed by atoms with Crippen LogP contribution in [0.25, 0.3) is 22.3 Å². The highest BCUT2D eigenvalue weighted by Gasteiger charge is 2.15. The Hall–Kier alpha value is -2.12. The molecule has 3 aromatic rings. The van der Waals surface area contributed by atoms with Crippen molar-refractivity contribution in [2.75, 3.05) is 0 Å². The Balaban J connectivity index is 2.28. The van der Waals surface area contributed by atoms with Crippen LogP contribution in [0.3, 0.4) is 0 Å². The predicted molar refractivity (Wildman–Crippen MR) is 111 cm³/mol. The second kappa shape index (κ2) is 6.65. The first kappa shape index (κ1) is 17.7. The molecule has 0 aliphatic carbocycles. The molecule has 0 N–H and O–H groups in total. The highest BCUT2D eigenvalue weighted by atomic mass is 28.1. The van der Waals surface area contributed by atoms with E-state index in [1.807, 2.05) is 0 Å². The molecule has 125 valence electrons. The summed E-state index contributed by atoms with van der Waals surface area (Å²) in [4.78, 5) is 0. The number of aryl methyl sites for hydroxylation is 6. The van der Waals surface area contributed by atoms with Crippen LogP contribution in [0.5, 0.6) is 0 Å². The fourth-order valence-electron chi connectivity index (χ4n) is 4.18. The van der Waals surface area contributed by atoms with E-state index in [-0.39, 0.29) is 0 Å². The largest absolute Gasteiger partial charge is 0.0729 e. The molecule has 0 unspecified atom stereocenters. The summed E-state index contributed by atoms with van der Waals surface area (Å²) in [6.45, 7) is 13.1. The number of rotatable bonds is 2. The van der Waals surface area contributed by atoms with Crippen molar-refractivity contribution < 1.29 is 0 Å². The monoisotopic (exact) mass is 341 g/mol. The van der Waals surface area contributed by atoms with Crippen molar-refractivity contribution in [2.24, 2.45) is 0 Å². The zero-order valence-corrected chi connectivity index (χ0v) is 17.0. The van der Waals surface area contributed by atoms with Crippen LogP contribution in [0.2, 0.25) is 0 Å². The van der Waals surface area contributed by atoms with Gasteiger partial charge in [0.05, 0.1) is 10.2 Å². The number of hydrogen-bond donors (Lipinski definition) is 0. The van der Waals surface area contributed by atoms with Crippen molar-refractivity contribution in [3.63, 3.8) is 0 Å². The van der Waals surface area contributed by atoms with E-state index in [0.29, 0.717) is 0 Å². The summed E-state index contributed by atoms with van der Waals surface area (Å²) in [6.07, 6.45) is 0. The molecule has 3 aromatic carbocycles. The maximum atomic E-state index is 3.99. The third-order valence-electron chi connectivity index (χ3n) is 4.96. The van der Waals surface area contributed by atoms with Gasteiger partial charge in [-0.2, -0.15) is 0 Å². The molecule has 0 aliphatic heterocycles. The second-order valence-corrected chi connectivity index (χ2v) is 7.78. The SMILES string of the molecule is Cc1cc(C)c(-c2cccc(-c3c(C)cc(C)cc3C)c2[Si])c(C)c1. The molecule has 0 bridgehead atoms. The molecule has 3 rings (SSSR count). The van der Waals surface area contributed by atoms with Crippen molar-refractivity contribution in [3.8, 4) is 22.3 Å². The first-order valence-electron chi connectivity index (χ1n) is 8.80. The van der Waals surface area contributed by atoms with E-state index in [1.165, 1.54) is 60.8 Å². The predicted octanol–water partition coefficient (Wildman–Crippen LogP) is 5.66. The normalized spacial score (nSPS) is 11.0. The molecule has 25 heavy (non-hydrogen) atoms. The molecular formula is C24H25Si. The van der Waals surface area contributed by atoms with Crippen LogP contribution < -0.4 is 5.19 Å². The summed E-state index contributed by atoms with van der Waals surface area (Å²) >= 11 is 0. The summed E-state index contributed by atoms with van der Waals surface area (Å²) < 4.78 is 0. The Bertz CT molecular complexity index is 842. The zero-order chi connectivity index (χ0) is 18.3. The van der Waals surface area contributed by atoms with Crippen LogP contribution in [0.1, 0.15) is 33.4 Å². The molecular weight excluding hydrogens is 316 g/mol. The van der Waals surface area contributed by atoms with Crippen LogP contribution in [0.4, 0.5) is 0 Å². The lowest BCUT2D eigenvalue weighted by atomic mass is 9.89. The van der Waals surface area contributed by atoms with E-state index in [0.717, 1.165) is 0 Å². The molecule has 0 fully saturated rings. The molecule has 0 aromatic heterocycles. The van der Waals surface area contributed by atoms with Gasteiger partial charge >= 0.3 is 0 Å². The highest BCUT2D eigenvalue weighted by Crippen LogP contribution is 2.32. The topological polar surface area (TPSA) is 0 Å². The number of benzene rings is 3. The quantitative estimate of drug-likeness (QED) is 0.527. The van der Waals surface area contributed by atoms with E-state index in [2.05, 4.69) is 94.2 Å². The van der Waals surface area contributed by atoms with Crippen molar-refractivity contribution in [2.45, 2.75) is 41.5 Å². The minimum atomic E-state index is 1.17. The van der Waals surface area contributed by atoms with Gasteiger partial charge in [-0.25, -0.2) is 0 Å². The van der Waals surface area contributed by atoms with E-state index in [9.17, 15) is 0 Å². The lowest BCUT2D eigenvalue weighted by Gasteiger charge is -2.19. The molecule has 0 spiro atoms. The highest BCUT2D eigenvalue weighted by molar-refractivity contribution is 6.39. The second-order valence-electron chi connectivity index (χ2n) is 7.28. The Morgan fingerprint density at radius 3 is 1.20 bits per heavy atom. The molecule has 0 heterocycles. The summed E-state index contributed by atoms with van der Waals surface area (Å²) in [6, 6.07) is 15.7.